The van der Waals surface area contributed by atoms with Crippen molar-refractivity contribution in [1.29, 1.82) is 0 Å². The molecule has 0 fully saturated rings. The largest absolute Gasteiger partial charge is 0.507 e. The Morgan fingerprint density at radius 3 is 2.70 bits per heavy atom. The van der Waals surface area contributed by atoms with Crippen LogP contribution in [0.4, 0.5) is 5.69 Å². The minimum Gasteiger partial charge on any atom is -0.507 e. The van der Waals surface area contributed by atoms with Gasteiger partial charge < -0.3 is 16.2 Å². The second-order valence-corrected chi connectivity index (χ2v) is 4.92. The molecular weight excluding hydrogens is 252 g/mol. The van der Waals surface area contributed by atoms with Gasteiger partial charge in [-0.05, 0) is 18.6 Å². The topological polar surface area (TPSA) is 75.4 Å². The number of phenols is 1. The number of nitrogens with two attached hydrogens (primary N) is 1. The summed E-state index contributed by atoms with van der Waals surface area (Å²) in [5.74, 6) is 0.0168. The summed E-state index contributed by atoms with van der Waals surface area (Å²) < 4.78 is 0. The monoisotopic (exact) mass is 272 g/mol. The fourth-order valence-electron chi connectivity index (χ4n) is 2.18. The quantitative estimate of drug-likeness (QED) is 0.783. The summed E-state index contributed by atoms with van der Waals surface area (Å²) in [7, 11) is 0. The Balaban J connectivity index is 2.22. The van der Waals surface area contributed by atoms with E-state index < -0.39 is 6.04 Å². The lowest BCUT2D eigenvalue weighted by Crippen LogP contribution is -2.35. The first-order valence-corrected chi connectivity index (χ1v) is 6.90. The number of carbonyl (C=O) groups excluding carboxylic acids is 1. The van der Waals surface area contributed by atoms with E-state index in [2.05, 4.69) is 12.2 Å². The highest BCUT2D eigenvalue weighted by atomic mass is 16.3. The van der Waals surface area contributed by atoms with Crippen molar-refractivity contribution < 1.29 is 9.90 Å². The van der Waals surface area contributed by atoms with Crippen molar-refractivity contribution in [3.63, 3.8) is 0 Å². The summed E-state index contributed by atoms with van der Waals surface area (Å²) in [5.41, 5.74) is 6.54. The van der Waals surface area contributed by atoms with E-state index in [4.69, 9.17) is 5.73 Å². The zero-order chi connectivity index (χ0) is 14.5. The van der Waals surface area contributed by atoms with Gasteiger partial charge in [0.25, 0.3) is 0 Å². The van der Waals surface area contributed by atoms with Crippen LogP contribution in [0.5, 0.6) is 5.75 Å². The number of aromatic hydroxyl groups is 1. The van der Waals surface area contributed by atoms with Gasteiger partial charge in [-0.1, -0.05) is 44.0 Å². The molecule has 106 valence electrons. The lowest BCUT2D eigenvalue weighted by Gasteiger charge is -2.13. The molecule has 0 radical (unpaired) electrons. The molecular formula is C16H20N2O2. The van der Waals surface area contributed by atoms with Crippen LogP contribution >= 0.6 is 0 Å². The van der Waals surface area contributed by atoms with Gasteiger partial charge in [0.1, 0.15) is 5.75 Å². The number of amides is 1. The molecule has 0 bridgehead atoms. The lowest BCUT2D eigenvalue weighted by molar-refractivity contribution is -0.117. The van der Waals surface area contributed by atoms with Crippen molar-refractivity contribution in [3.05, 3.63) is 36.4 Å². The summed E-state index contributed by atoms with van der Waals surface area (Å²) in [6, 6.07) is 10.2. The van der Waals surface area contributed by atoms with Crippen LogP contribution in [-0.2, 0) is 4.79 Å². The Hall–Kier alpha value is -2.07. The SMILES string of the molecule is CCCC[C@H](N)C(=O)Nc1cccc2c(O)cccc12. The number of rotatable bonds is 5. The number of nitrogens with one attached hydrogen (secondary N) is 1. The second kappa shape index (κ2) is 6.39. The summed E-state index contributed by atoms with van der Waals surface area (Å²) in [4.78, 5) is 12.0. The van der Waals surface area contributed by atoms with E-state index in [-0.39, 0.29) is 11.7 Å². The molecule has 20 heavy (non-hydrogen) atoms. The van der Waals surface area contributed by atoms with Gasteiger partial charge in [-0.15, -0.1) is 0 Å². The summed E-state index contributed by atoms with van der Waals surface area (Å²) in [6.07, 6.45) is 2.63. The minimum absolute atomic E-state index is 0.186. The maximum Gasteiger partial charge on any atom is 0.241 e. The first kappa shape index (κ1) is 14.3. The minimum atomic E-state index is -0.498. The van der Waals surface area contributed by atoms with E-state index in [1.165, 1.54) is 0 Å². The predicted molar refractivity (Wildman–Crippen MR) is 81.7 cm³/mol. The predicted octanol–water partition coefficient (Wildman–Crippen LogP) is 3.00. The second-order valence-electron chi connectivity index (χ2n) is 4.92. The van der Waals surface area contributed by atoms with Gasteiger partial charge in [-0.2, -0.15) is 0 Å². The van der Waals surface area contributed by atoms with Crippen LogP contribution in [0.3, 0.4) is 0 Å². The summed E-state index contributed by atoms with van der Waals surface area (Å²) in [5, 5.41) is 14.2. The van der Waals surface area contributed by atoms with E-state index in [0.29, 0.717) is 17.5 Å². The normalized spacial score (nSPS) is 12.3. The number of hydrogen-bond acceptors (Lipinski definition) is 3. The van der Waals surface area contributed by atoms with E-state index in [9.17, 15) is 9.90 Å². The summed E-state index contributed by atoms with van der Waals surface area (Å²) >= 11 is 0. The Morgan fingerprint density at radius 1 is 1.25 bits per heavy atom. The maximum absolute atomic E-state index is 12.0. The van der Waals surface area contributed by atoms with Gasteiger partial charge in [0.2, 0.25) is 5.91 Å². The molecule has 4 N–H and O–H groups in total. The smallest absolute Gasteiger partial charge is 0.241 e. The van der Waals surface area contributed by atoms with Gasteiger partial charge in [0, 0.05) is 16.5 Å². The molecule has 2 aromatic rings. The van der Waals surface area contributed by atoms with Crippen LogP contribution in [0.15, 0.2) is 36.4 Å². The third-order valence-corrected chi connectivity index (χ3v) is 3.36. The maximum atomic E-state index is 12.0. The molecule has 0 heterocycles. The zero-order valence-corrected chi connectivity index (χ0v) is 11.6. The van der Waals surface area contributed by atoms with Crippen molar-refractivity contribution >= 4 is 22.4 Å². The Labute approximate surface area is 118 Å². The molecule has 0 aliphatic carbocycles. The molecule has 2 rings (SSSR count). The van der Waals surface area contributed by atoms with E-state index in [1.807, 2.05) is 18.2 Å². The number of hydrogen-bond donors (Lipinski definition) is 3. The molecule has 1 amide bonds. The van der Waals surface area contributed by atoms with Crippen LogP contribution in [0.1, 0.15) is 26.2 Å². The molecule has 0 saturated carbocycles. The molecule has 4 nitrogen and oxygen atoms in total. The Kier molecular flexibility index (Phi) is 4.58. The molecule has 0 aromatic heterocycles. The van der Waals surface area contributed by atoms with Crippen molar-refractivity contribution in [2.24, 2.45) is 5.73 Å². The average molecular weight is 272 g/mol. The number of anilines is 1. The molecule has 0 aliphatic rings. The van der Waals surface area contributed by atoms with Crippen molar-refractivity contribution in [2.75, 3.05) is 5.32 Å². The molecule has 2 aromatic carbocycles. The number of phenolic OH excluding ortho intramolecular Hbond substituents is 1. The third kappa shape index (κ3) is 3.08. The van der Waals surface area contributed by atoms with Crippen LogP contribution in [0, 0.1) is 0 Å². The number of benzene rings is 2. The third-order valence-electron chi connectivity index (χ3n) is 3.36. The van der Waals surface area contributed by atoms with Crippen molar-refractivity contribution in [3.8, 4) is 5.75 Å². The van der Waals surface area contributed by atoms with Gasteiger partial charge >= 0.3 is 0 Å². The fourth-order valence-corrected chi connectivity index (χ4v) is 2.18. The molecule has 0 saturated heterocycles. The Morgan fingerprint density at radius 2 is 1.95 bits per heavy atom. The molecule has 0 unspecified atom stereocenters. The highest BCUT2D eigenvalue weighted by molar-refractivity contribution is 6.05. The van der Waals surface area contributed by atoms with Crippen LogP contribution in [0.2, 0.25) is 0 Å². The van der Waals surface area contributed by atoms with Crippen LogP contribution in [0.25, 0.3) is 10.8 Å². The average Bonchev–Trinajstić information content (AvgIpc) is 2.45. The summed E-state index contributed by atoms with van der Waals surface area (Å²) in [6.45, 7) is 2.07. The highest BCUT2D eigenvalue weighted by Gasteiger charge is 2.14. The fraction of sp³-hybridized carbons (Fsp3) is 0.312. The van der Waals surface area contributed by atoms with Gasteiger partial charge in [0.05, 0.1) is 6.04 Å². The number of unbranched alkanes of at least 4 members (excludes halogenated alkanes) is 1. The Bertz CT molecular complexity index is 610. The standard InChI is InChI=1S/C16H20N2O2/c1-2-3-8-13(17)16(20)18-14-9-4-7-12-11(14)6-5-10-15(12)19/h4-7,9-10,13,19H,2-3,8,17H2,1H3,(H,18,20)/t13-/m0/s1. The van der Waals surface area contributed by atoms with Gasteiger partial charge in [-0.25, -0.2) is 0 Å². The molecule has 4 heteroatoms. The van der Waals surface area contributed by atoms with Crippen LogP contribution in [-0.4, -0.2) is 17.1 Å². The highest BCUT2D eigenvalue weighted by Crippen LogP contribution is 2.29. The van der Waals surface area contributed by atoms with E-state index in [0.717, 1.165) is 18.2 Å². The van der Waals surface area contributed by atoms with Gasteiger partial charge in [0.15, 0.2) is 0 Å². The molecule has 0 aliphatic heterocycles. The number of fused-ring (bicyclic) bond motifs is 1. The van der Waals surface area contributed by atoms with Gasteiger partial charge in [-0.3, -0.25) is 4.79 Å². The van der Waals surface area contributed by atoms with E-state index in [1.54, 1.807) is 18.2 Å². The zero-order valence-electron chi connectivity index (χ0n) is 11.6. The van der Waals surface area contributed by atoms with Crippen molar-refractivity contribution in [2.45, 2.75) is 32.2 Å². The van der Waals surface area contributed by atoms with Crippen LogP contribution < -0.4 is 11.1 Å². The first-order valence-electron chi connectivity index (χ1n) is 6.90. The lowest BCUT2D eigenvalue weighted by atomic mass is 10.1. The molecule has 0 spiro atoms. The number of carbonyl (C=O) groups is 1. The first-order chi connectivity index (χ1) is 9.63. The van der Waals surface area contributed by atoms with Crippen molar-refractivity contribution in [1.82, 2.24) is 0 Å². The van der Waals surface area contributed by atoms with E-state index >= 15 is 0 Å². The molecule has 1 atom stereocenters.